The highest BCUT2D eigenvalue weighted by Crippen LogP contribution is 2.12. The molecule has 0 aliphatic carbocycles. The summed E-state index contributed by atoms with van der Waals surface area (Å²) in [5, 5.41) is 4.53. The Hall–Kier alpha value is -0.670. The minimum absolute atomic E-state index is 0.251. The van der Waals surface area contributed by atoms with Crippen LogP contribution in [0.5, 0.6) is 5.88 Å². The molecule has 0 unspecified atom stereocenters. The number of nitrogens with zero attached hydrogens (tertiary/aromatic N) is 2. The zero-order valence-electron chi connectivity index (χ0n) is 7.42. The Morgan fingerprint density at radius 1 is 1.77 bits per heavy atom. The topological polar surface area (TPSA) is 27.1 Å². The lowest BCUT2D eigenvalue weighted by molar-refractivity contribution is 0.341. The van der Waals surface area contributed by atoms with Crippen LogP contribution in [0.2, 0.25) is 0 Å². The van der Waals surface area contributed by atoms with Crippen LogP contribution >= 0.6 is 23.2 Å². The number of aryl methyl sites for hydroxylation is 2. The van der Waals surface area contributed by atoms with Crippen molar-refractivity contribution in [2.24, 2.45) is 7.05 Å². The zero-order valence-corrected chi connectivity index (χ0v) is 8.93. The molecule has 0 amide bonds. The quantitative estimate of drug-likeness (QED) is 0.783. The molecule has 0 aromatic carbocycles. The molecule has 13 heavy (non-hydrogen) atoms. The molecule has 3 nitrogen and oxygen atoms in total. The van der Waals surface area contributed by atoms with Crippen LogP contribution in [0.3, 0.4) is 0 Å². The Bertz CT molecular complexity index is 300. The van der Waals surface area contributed by atoms with Gasteiger partial charge in [-0.1, -0.05) is 23.2 Å². The normalized spacial score (nSPS) is 11.8. The first kappa shape index (κ1) is 10.4. The van der Waals surface area contributed by atoms with E-state index in [0.29, 0.717) is 10.9 Å². The maximum atomic E-state index is 5.63. The van der Waals surface area contributed by atoms with Gasteiger partial charge in [-0.2, -0.15) is 0 Å². The summed E-state index contributed by atoms with van der Waals surface area (Å²) in [4.78, 5) is 0. The first-order valence-corrected chi connectivity index (χ1v) is 4.53. The van der Waals surface area contributed by atoms with Crippen LogP contribution in [0.15, 0.2) is 16.6 Å². The second kappa shape index (κ2) is 4.53. The number of rotatable bonds is 3. The summed E-state index contributed by atoms with van der Waals surface area (Å²) in [6, 6.07) is 1.83. The third-order valence-corrected chi connectivity index (χ3v) is 2.16. The van der Waals surface area contributed by atoms with E-state index in [1.54, 1.807) is 4.68 Å². The zero-order chi connectivity index (χ0) is 9.84. The smallest absolute Gasteiger partial charge is 0.233 e. The molecule has 72 valence electrons. The summed E-state index contributed by atoms with van der Waals surface area (Å²) in [5.74, 6) is 0.552. The summed E-state index contributed by atoms with van der Waals surface area (Å²) in [6.45, 7) is 2.19. The van der Waals surface area contributed by atoms with Crippen LogP contribution < -0.4 is 4.74 Å². The van der Waals surface area contributed by atoms with Gasteiger partial charge in [-0.15, -0.1) is 5.10 Å². The van der Waals surface area contributed by atoms with Gasteiger partial charge < -0.3 is 4.74 Å². The maximum Gasteiger partial charge on any atom is 0.233 e. The average molecular weight is 221 g/mol. The van der Waals surface area contributed by atoms with E-state index in [1.165, 1.54) is 5.54 Å². The Kier molecular flexibility index (Phi) is 3.63. The van der Waals surface area contributed by atoms with E-state index in [-0.39, 0.29) is 6.61 Å². The molecule has 0 saturated heterocycles. The van der Waals surface area contributed by atoms with Gasteiger partial charge in [-0.3, -0.25) is 4.68 Å². The molecule has 1 rings (SSSR count). The van der Waals surface area contributed by atoms with Crippen molar-refractivity contribution in [2.45, 2.75) is 6.92 Å². The van der Waals surface area contributed by atoms with Gasteiger partial charge in [0, 0.05) is 24.3 Å². The fourth-order valence-electron chi connectivity index (χ4n) is 0.773. The van der Waals surface area contributed by atoms with E-state index in [0.717, 1.165) is 5.69 Å². The fourth-order valence-corrected chi connectivity index (χ4v) is 0.890. The maximum absolute atomic E-state index is 5.63. The van der Waals surface area contributed by atoms with E-state index in [4.69, 9.17) is 27.9 Å². The van der Waals surface area contributed by atoms with Gasteiger partial charge in [0.05, 0.1) is 5.03 Å². The molecule has 0 aliphatic heterocycles. The van der Waals surface area contributed by atoms with E-state index in [1.807, 2.05) is 20.0 Å². The second-order valence-corrected chi connectivity index (χ2v) is 3.30. The van der Waals surface area contributed by atoms with Crippen molar-refractivity contribution >= 4 is 23.2 Å². The van der Waals surface area contributed by atoms with Crippen LogP contribution in [-0.2, 0) is 7.05 Å². The van der Waals surface area contributed by atoms with E-state index in [2.05, 4.69) is 5.10 Å². The Balaban J connectivity index is 2.55. The third-order valence-electron chi connectivity index (χ3n) is 1.57. The lowest BCUT2D eigenvalue weighted by atomic mass is 10.5. The standard InChI is InChI=1S/C8H10Cl2N2O/c1-6-3-8(11-12(6)2)13-5-7(10)4-9/h3-4H,5H2,1-2H3/b7-4-. The third kappa shape index (κ3) is 2.94. The largest absolute Gasteiger partial charge is 0.471 e. The van der Waals surface area contributed by atoms with E-state index < -0.39 is 0 Å². The molecule has 0 spiro atoms. The van der Waals surface area contributed by atoms with Gasteiger partial charge in [0.2, 0.25) is 5.88 Å². The summed E-state index contributed by atoms with van der Waals surface area (Å²) in [5.41, 5.74) is 2.30. The van der Waals surface area contributed by atoms with Gasteiger partial charge in [0.1, 0.15) is 6.61 Å². The first-order valence-electron chi connectivity index (χ1n) is 3.71. The second-order valence-electron chi connectivity index (χ2n) is 2.59. The molecular weight excluding hydrogens is 211 g/mol. The molecule has 0 radical (unpaired) electrons. The molecule has 1 aromatic rings. The highest BCUT2D eigenvalue weighted by Gasteiger charge is 2.01. The Labute approximate surface area is 86.9 Å². The summed E-state index contributed by atoms with van der Waals surface area (Å²) in [6.07, 6.45) is 0. The van der Waals surface area contributed by atoms with Crippen molar-refractivity contribution in [1.29, 1.82) is 0 Å². The molecular formula is C8H10Cl2N2O. The van der Waals surface area contributed by atoms with Crippen molar-refractivity contribution < 1.29 is 4.74 Å². The van der Waals surface area contributed by atoms with Crippen molar-refractivity contribution in [3.05, 3.63) is 22.3 Å². The van der Waals surface area contributed by atoms with E-state index in [9.17, 15) is 0 Å². The van der Waals surface area contributed by atoms with Crippen LogP contribution in [0.1, 0.15) is 5.69 Å². The van der Waals surface area contributed by atoms with Gasteiger partial charge >= 0.3 is 0 Å². The average Bonchev–Trinajstić information content (AvgIpc) is 2.42. The van der Waals surface area contributed by atoms with Gasteiger partial charge in [-0.05, 0) is 6.92 Å². The SMILES string of the molecule is Cc1cc(OC/C(Cl)=C/Cl)nn1C. The molecule has 1 aromatic heterocycles. The lowest BCUT2D eigenvalue weighted by Crippen LogP contribution is -1.98. The molecule has 5 heteroatoms. The predicted octanol–water partition coefficient (Wildman–Crippen LogP) is 2.43. The summed E-state index contributed by atoms with van der Waals surface area (Å²) < 4.78 is 6.97. The molecule has 0 aliphatic rings. The number of hydrogen-bond acceptors (Lipinski definition) is 2. The summed E-state index contributed by atoms with van der Waals surface area (Å²) in [7, 11) is 1.85. The fraction of sp³-hybridized carbons (Fsp3) is 0.375. The van der Waals surface area contributed by atoms with Crippen molar-refractivity contribution in [2.75, 3.05) is 6.61 Å². The molecule has 1 heterocycles. The first-order chi connectivity index (χ1) is 6.13. The highest BCUT2D eigenvalue weighted by atomic mass is 35.5. The minimum atomic E-state index is 0.251. The summed E-state index contributed by atoms with van der Waals surface area (Å²) >= 11 is 11.0. The van der Waals surface area contributed by atoms with Crippen molar-refractivity contribution in [1.82, 2.24) is 9.78 Å². The van der Waals surface area contributed by atoms with E-state index >= 15 is 0 Å². The van der Waals surface area contributed by atoms with Crippen LogP contribution in [-0.4, -0.2) is 16.4 Å². The molecule has 0 saturated carbocycles. The molecule has 0 atom stereocenters. The minimum Gasteiger partial charge on any atom is -0.471 e. The monoisotopic (exact) mass is 220 g/mol. The number of halogens is 2. The van der Waals surface area contributed by atoms with Gasteiger partial charge in [-0.25, -0.2) is 0 Å². The van der Waals surface area contributed by atoms with Crippen LogP contribution in [0.25, 0.3) is 0 Å². The van der Waals surface area contributed by atoms with Crippen LogP contribution in [0, 0.1) is 6.92 Å². The molecule has 0 bridgehead atoms. The van der Waals surface area contributed by atoms with Crippen molar-refractivity contribution in [3.8, 4) is 5.88 Å². The Morgan fingerprint density at radius 3 is 2.92 bits per heavy atom. The molecule has 0 fully saturated rings. The van der Waals surface area contributed by atoms with Crippen molar-refractivity contribution in [3.63, 3.8) is 0 Å². The lowest BCUT2D eigenvalue weighted by Gasteiger charge is -1.98. The van der Waals surface area contributed by atoms with Gasteiger partial charge in [0.15, 0.2) is 0 Å². The van der Waals surface area contributed by atoms with Crippen LogP contribution in [0.4, 0.5) is 0 Å². The highest BCUT2D eigenvalue weighted by molar-refractivity contribution is 6.36. The molecule has 0 N–H and O–H groups in total. The van der Waals surface area contributed by atoms with Gasteiger partial charge in [0.25, 0.3) is 0 Å². The number of aromatic nitrogens is 2. The number of hydrogen-bond donors (Lipinski definition) is 0. The Morgan fingerprint density at radius 2 is 2.46 bits per heavy atom. The number of ether oxygens (including phenoxy) is 1. The predicted molar refractivity (Wildman–Crippen MR) is 53.2 cm³/mol.